The molecule has 0 unspecified atom stereocenters. The Kier molecular flexibility index (Phi) is 6.54. The average molecular weight is 424 g/mol. The number of carbonyl (C=O) groups is 2. The van der Waals surface area contributed by atoms with Crippen LogP contribution in [0.3, 0.4) is 0 Å². The van der Waals surface area contributed by atoms with Crippen LogP contribution >= 0.6 is 27.7 Å². The SMILES string of the molecule is O=C(CSCc1ccc([N+](=O)[O-])cc1)Nc1ccc(Br)cc1C(=O)[O-]. The molecule has 0 aliphatic carbocycles. The lowest BCUT2D eigenvalue weighted by atomic mass is 10.2. The molecule has 0 aliphatic heterocycles. The number of aromatic carboxylic acids is 1. The van der Waals surface area contributed by atoms with Gasteiger partial charge in [-0.2, -0.15) is 0 Å². The number of anilines is 1. The fraction of sp³-hybridized carbons (Fsp3) is 0.125. The normalized spacial score (nSPS) is 10.3. The minimum Gasteiger partial charge on any atom is -0.545 e. The van der Waals surface area contributed by atoms with Crippen LogP contribution in [-0.2, 0) is 10.5 Å². The average Bonchev–Trinajstić information content (AvgIpc) is 2.56. The van der Waals surface area contributed by atoms with Gasteiger partial charge in [-0.25, -0.2) is 0 Å². The number of hydrogen-bond donors (Lipinski definition) is 1. The quantitative estimate of drug-likeness (QED) is 0.540. The Morgan fingerprint density at radius 1 is 1.16 bits per heavy atom. The molecule has 0 aliphatic rings. The van der Waals surface area contributed by atoms with Crippen LogP contribution < -0.4 is 10.4 Å². The molecule has 0 saturated carbocycles. The third-order valence-corrected chi connectivity index (χ3v) is 4.62. The number of nitro benzene ring substituents is 1. The lowest BCUT2D eigenvalue weighted by molar-refractivity contribution is -0.384. The molecule has 130 valence electrons. The molecule has 2 rings (SSSR count). The minimum atomic E-state index is -1.38. The van der Waals surface area contributed by atoms with E-state index in [9.17, 15) is 24.8 Å². The number of non-ortho nitro benzene ring substituents is 1. The molecule has 2 aromatic rings. The highest BCUT2D eigenvalue weighted by atomic mass is 79.9. The molecule has 0 fully saturated rings. The lowest BCUT2D eigenvalue weighted by Gasteiger charge is -2.12. The number of thioether (sulfide) groups is 1. The maximum Gasteiger partial charge on any atom is 0.269 e. The summed E-state index contributed by atoms with van der Waals surface area (Å²) in [6.45, 7) is 0. The number of rotatable bonds is 7. The van der Waals surface area contributed by atoms with Crippen molar-refractivity contribution in [3.63, 3.8) is 0 Å². The fourth-order valence-corrected chi connectivity index (χ4v) is 3.10. The highest BCUT2D eigenvalue weighted by molar-refractivity contribution is 9.10. The van der Waals surface area contributed by atoms with E-state index in [1.165, 1.54) is 36.0 Å². The molecule has 0 heterocycles. The number of nitro groups is 1. The highest BCUT2D eigenvalue weighted by Crippen LogP contribution is 2.21. The second-order valence-corrected chi connectivity index (χ2v) is 6.84. The Morgan fingerprint density at radius 3 is 2.44 bits per heavy atom. The lowest BCUT2D eigenvalue weighted by Crippen LogP contribution is -2.25. The largest absolute Gasteiger partial charge is 0.545 e. The van der Waals surface area contributed by atoms with E-state index in [-0.39, 0.29) is 28.6 Å². The molecular formula is C16H12BrN2O5S-. The summed E-state index contributed by atoms with van der Waals surface area (Å²) in [5.41, 5.74) is 0.922. The van der Waals surface area contributed by atoms with Gasteiger partial charge in [0, 0.05) is 33.6 Å². The Bertz CT molecular complexity index is 811. The third kappa shape index (κ3) is 5.57. The van der Waals surface area contributed by atoms with Crippen molar-refractivity contribution in [2.45, 2.75) is 5.75 Å². The van der Waals surface area contributed by atoms with Crippen LogP contribution in [0.5, 0.6) is 0 Å². The number of benzene rings is 2. The number of nitrogens with one attached hydrogen (secondary N) is 1. The van der Waals surface area contributed by atoms with Crippen molar-refractivity contribution in [2.75, 3.05) is 11.1 Å². The zero-order chi connectivity index (χ0) is 18.4. The van der Waals surface area contributed by atoms with Crippen molar-refractivity contribution in [3.8, 4) is 0 Å². The van der Waals surface area contributed by atoms with Gasteiger partial charge in [0.05, 0.1) is 16.6 Å². The number of halogens is 1. The first-order valence-corrected chi connectivity index (χ1v) is 8.93. The summed E-state index contributed by atoms with van der Waals surface area (Å²) in [5, 5.41) is 24.2. The number of nitrogens with zero attached hydrogens (tertiary/aromatic N) is 1. The molecule has 7 nitrogen and oxygen atoms in total. The summed E-state index contributed by atoms with van der Waals surface area (Å²) >= 11 is 4.47. The molecule has 1 amide bonds. The third-order valence-electron chi connectivity index (χ3n) is 3.12. The van der Waals surface area contributed by atoms with Crippen LogP contribution in [0.2, 0.25) is 0 Å². The van der Waals surface area contributed by atoms with E-state index in [4.69, 9.17) is 0 Å². The van der Waals surface area contributed by atoms with Crippen LogP contribution in [-0.4, -0.2) is 22.6 Å². The van der Waals surface area contributed by atoms with Gasteiger partial charge in [-0.3, -0.25) is 14.9 Å². The molecule has 0 atom stereocenters. The van der Waals surface area contributed by atoms with E-state index in [1.807, 2.05) is 0 Å². The molecule has 0 radical (unpaired) electrons. The molecule has 0 bridgehead atoms. The van der Waals surface area contributed by atoms with Crippen LogP contribution in [0.1, 0.15) is 15.9 Å². The fourth-order valence-electron chi connectivity index (χ4n) is 1.96. The maximum atomic E-state index is 12.0. The number of carboxylic acids is 1. The molecular weight excluding hydrogens is 412 g/mol. The van der Waals surface area contributed by atoms with Gasteiger partial charge in [-0.05, 0) is 23.8 Å². The minimum absolute atomic E-state index is 0.0107. The van der Waals surface area contributed by atoms with Gasteiger partial charge in [0.25, 0.3) is 5.69 Å². The Labute approximate surface area is 155 Å². The second kappa shape index (κ2) is 8.63. The Balaban J connectivity index is 1.89. The zero-order valence-corrected chi connectivity index (χ0v) is 15.1. The number of carbonyl (C=O) groups excluding carboxylic acids is 2. The second-order valence-electron chi connectivity index (χ2n) is 4.94. The van der Waals surface area contributed by atoms with Crippen molar-refractivity contribution >= 4 is 50.9 Å². The first kappa shape index (κ1) is 18.9. The summed E-state index contributed by atoms with van der Waals surface area (Å²) in [4.78, 5) is 33.2. The molecule has 25 heavy (non-hydrogen) atoms. The summed E-state index contributed by atoms with van der Waals surface area (Å²) in [6, 6.07) is 10.5. The van der Waals surface area contributed by atoms with Gasteiger partial charge in [-0.1, -0.05) is 28.1 Å². The van der Waals surface area contributed by atoms with E-state index in [1.54, 1.807) is 18.2 Å². The summed E-state index contributed by atoms with van der Waals surface area (Å²) in [5.74, 6) is -1.12. The molecule has 9 heteroatoms. The summed E-state index contributed by atoms with van der Waals surface area (Å²) in [6.07, 6.45) is 0. The van der Waals surface area contributed by atoms with E-state index in [2.05, 4.69) is 21.2 Å². The van der Waals surface area contributed by atoms with Gasteiger partial charge in [0.15, 0.2) is 0 Å². The molecule has 0 spiro atoms. The first-order valence-electron chi connectivity index (χ1n) is 6.98. The van der Waals surface area contributed by atoms with Crippen LogP contribution in [0.15, 0.2) is 46.9 Å². The summed E-state index contributed by atoms with van der Waals surface area (Å²) < 4.78 is 0.567. The van der Waals surface area contributed by atoms with Gasteiger partial charge in [0.1, 0.15) is 0 Å². The maximum absolute atomic E-state index is 12.0. The molecule has 2 aromatic carbocycles. The van der Waals surface area contributed by atoms with Crippen molar-refractivity contribution in [1.29, 1.82) is 0 Å². The molecule has 0 saturated heterocycles. The van der Waals surface area contributed by atoms with Gasteiger partial charge in [0.2, 0.25) is 5.91 Å². The predicted octanol–water partition coefficient (Wildman–Crippen LogP) is 2.59. The predicted molar refractivity (Wildman–Crippen MR) is 96.4 cm³/mol. The first-order chi connectivity index (χ1) is 11.9. The molecule has 1 N–H and O–H groups in total. The standard InChI is InChI=1S/C16H13BrN2O5S/c17-11-3-6-14(13(7-11)16(21)22)18-15(20)9-25-8-10-1-4-12(5-2-10)19(23)24/h1-7H,8-9H2,(H,18,20)(H,21,22)/p-1. The monoisotopic (exact) mass is 423 g/mol. The van der Waals surface area contributed by atoms with E-state index >= 15 is 0 Å². The topological polar surface area (TPSA) is 112 Å². The van der Waals surface area contributed by atoms with Crippen molar-refractivity contribution in [1.82, 2.24) is 0 Å². The van der Waals surface area contributed by atoms with Crippen molar-refractivity contribution < 1.29 is 19.6 Å². The Hall–Kier alpha value is -2.39. The number of hydrogen-bond acceptors (Lipinski definition) is 6. The van der Waals surface area contributed by atoms with Crippen LogP contribution in [0.4, 0.5) is 11.4 Å². The zero-order valence-electron chi connectivity index (χ0n) is 12.7. The van der Waals surface area contributed by atoms with E-state index in [0.29, 0.717) is 10.2 Å². The van der Waals surface area contributed by atoms with Gasteiger partial charge in [-0.15, -0.1) is 11.8 Å². The summed E-state index contributed by atoms with van der Waals surface area (Å²) in [7, 11) is 0. The number of carboxylic acid groups (broad SMARTS) is 1. The number of amides is 1. The smallest absolute Gasteiger partial charge is 0.269 e. The van der Waals surface area contributed by atoms with Gasteiger partial charge < -0.3 is 15.2 Å². The molecule has 0 aromatic heterocycles. The van der Waals surface area contributed by atoms with Gasteiger partial charge >= 0.3 is 0 Å². The highest BCUT2D eigenvalue weighted by Gasteiger charge is 2.09. The van der Waals surface area contributed by atoms with E-state index < -0.39 is 10.9 Å². The van der Waals surface area contributed by atoms with Crippen molar-refractivity contribution in [3.05, 3.63) is 68.2 Å². The van der Waals surface area contributed by atoms with Crippen molar-refractivity contribution in [2.24, 2.45) is 0 Å². The van der Waals surface area contributed by atoms with E-state index in [0.717, 1.165) is 5.56 Å². The Morgan fingerprint density at radius 2 is 1.84 bits per heavy atom. The van der Waals surface area contributed by atoms with Crippen LogP contribution in [0, 0.1) is 10.1 Å². The van der Waals surface area contributed by atoms with Crippen LogP contribution in [0.25, 0.3) is 0 Å².